The van der Waals surface area contributed by atoms with Gasteiger partial charge in [-0.05, 0) is 19.1 Å². The number of amides is 1. The molecule has 0 saturated heterocycles. The first-order chi connectivity index (χ1) is 10.0. The number of nitrogens with zero attached hydrogens (tertiary/aromatic N) is 1. The van der Waals surface area contributed by atoms with Gasteiger partial charge in [0, 0.05) is 17.9 Å². The number of ether oxygens (including phenoxy) is 1. The van der Waals surface area contributed by atoms with Crippen LogP contribution < -0.4 is 5.32 Å². The molecule has 0 atom stereocenters. The molecular formula is C15H20N2O3S. The molecule has 0 aliphatic heterocycles. The summed E-state index contributed by atoms with van der Waals surface area (Å²) >= 11 is 1.64. The molecule has 6 heteroatoms. The van der Waals surface area contributed by atoms with Gasteiger partial charge in [0.2, 0.25) is 0 Å². The highest BCUT2D eigenvalue weighted by Crippen LogP contribution is 2.24. The predicted molar refractivity (Wildman–Crippen MR) is 81.5 cm³/mol. The van der Waals surface area contributed by atoms with Crippen LogP contribution in [-0.2, 0) is 17.9 Å². The van der Waals surface area contributed by atoms with E-state index < -0.39 is 0 Å². The molecule has 2 aromatic rings. The number of rotatable bonds is 6. The Hall–Kier alpha value is -1.66. The van der Waals surface area contributed by atoms with Crippen LogP contribution in [0.2, 0.25) is 0 Å². The molecule has 2 aromatic heterocycles. The topological polar surface area (TPSA) is 64.4 Å². The first-order valence-electron chi connectivity index (χ1n) is 6.83. The van der Waals surface area contributed by atoms with Crippen molar-refractivity contribution >= 4 is 17.2 Å². The molecule has 0 fully saturated rings. The monoisotopic (exact) mass is 308 g/mol. The maximum Gasteiger partial charge on any atom is 0.287 e. The number of thiazole rings is 1. The molecule has 0 unspecified atom stereocenters. The minimum absolute atomic E-state index is 0.226. The third kappa shape index (κ3) is 3.92. The average molecular weight is 308 g/mol. The number of methoxy groups -OCH3 is 1. The third-order valence-electron chi connectivity index (χ3n) is 2.98. The lowest BCUT2D eigenvalue weighted by atomic mass is 10.2. The van der Waals surface area contributed by atoms with E-state index in [1.807, 2.05) is 6.92 Å². The van der Waals surface area contributed by atoms with E-state index in [0.29, 0.717) is 30.6 Å². The van der Waals surface area contributed by atoms with Crippen LogP contribution in [0.25, 0.3) is 0 Å². The fraction of sp³-hybridized carbons (Fsp3) is 0.467. The quantitative estimate of drug-likeness (QED) is 0.889. The fourth-order valence-corrected chi connectivity index (χ4v) is 2.84. The molecule has 5 nitrogen and oxygen atoms in total. The molecule has 0 bridgehead atoms. The number of nitrogens with one attached hydrogen (secondary N) is 1. The minimum atomic E-state index is -0.226. The Kier molecular flexibility index (Phi) is 5.14. The molecular weight excluding hydrogens is 288 g/mol. The van der Waals surface area contributed by atoms with Gasteiger partial charge in [-0.2, -0.15) is 0 Å². The summed E-state index contributed by atoms with van der Waals surface area (Å²) in [5.41, 5.74) is 0.975. The maximum absolute atomic E-state index is 12.0. The van der Waals surface area contributed by atoms with Crippen molar-refractivity contribution < 1.29 is 13.9 Å². The number of hydrogen-bond acceptors (Lipinski definition) is 5. The fourth-order valence-electron chi connectivity index (χ4n) is 1.83. The van der Waals surface area contributed by atoms with E-state index in [2.05, 4.69) is 24.1 Å². The van der Waals surface area contributed by atoms with E-state index in [1.165, 1.54) is 0 Å². The molecule has 21 heavy (non-hydrogen) atoms. The Labute approximate surface area is 128 Å². The van der Waals surface area contributed by atoms with Gasteiger partial charge in [-0.15, -0.1) is 11.3 Å². The summed E-state index contributed by atoms with van der Waals surface area (Å²) in [6, 6.07) is 3.40. The lowest BCUT2D eigenvalue weighted by Gasteiger charge is -2.02. The van der Waals surface area contributed by atoms with Gasteiger partial charge in [0.1, 0.15) is 12.4 Å². The zero-order valence-electron chi connectivity index (χ0n) is 12.7. The van der Waals surface area contributed by atoms with Crippen molar-refractivity contribution in [3.63, 3.8) is 0 Å². The highest BCUT2D eigenvalue weighted by Gasteiger charge is 2.14. The van der Waals surface area contributed by atoms with Crippen LogP contribution in [0, 0.1) is 6.92 Å². The zero-order chi connectivity index (χ0) is 15.4. The van der Waals surface area contributed by atoms with Gasteiger partial charge in [-0.1, -0.05) is 13.8 Å². The van der Waals surface area contributed by atoms with Crippen molar-refractivity contribution in [2.24, 2.45) is 0 Å². The van der Waals surface area contributed by atoms with E-state index in [1.54, 1.807) is 30.6 Å². The van der Waals surface area contributed by atoms with Gasteiger partial charge in [0.25, 0.3) is 5.91 Å². The van der Waals surface area contributed by atoms with Gasteiger partial charge >= 0.3 is 0 Å². The molecule has 0 radical (unpaired) electrons. The van der Waals surface area contributed by atoms with Crippen molar-refractivity contribution in [2.75, 3.05) is 7.11 Å². The van der Waals surface area contributed by atoms with Crippen molar-refractivity contribution in [1.29, 1.82) is 0 Å². The van der Waals surface area contributed by atoms with E-state index in [0.717, 1.165) is 15.6 Å². The van der Waals surface area contributed by atoms with Crippen LogP contribution in [0.3, 0.4) is 0 Å². The Morgan fingerprint density at radius 3 is 2.86 bits per heavy atom. The summed E-state index contributed by atoms with van der Waals surface area (Å²) in [6.45, 7) is 7.02. The molecule has 1 N–H and O–H groups in total. The Morgan fingerprint density at radius 1 is 1.48 bits per heavy atom. The van der Waals surface area contributed by atoms with Gasteiger partial charge in [0.15, 0.2) is 5.76 Å². The van der Waals surface area contributed by atoms with E-state index in [-0.39, 0.29) is 5.91 Å². The molecule has 2 heterocycles. The second kappa shape index (κ2) is 6.87. The van der Waals surface area contributed by atoms with Crippen LogP contribution in [0.4, 0.5) is 0 Å². The van der Waals surface area contributed by atoms with E-state index in [9.17, 15) is 4.79 Å². The number of carbonyl (C=O) groups is 1. The smallest absolute Gasteiger partial charge is 0.287 e. The van der Waals surface area contributed by atoms with Crippen molar-refractivity contribution in [1.82, 2.24) is 10.3 Å². The number of aryl methyl sites for hydroxylation is 1. The first-order valence-corrected chi connectivity index (χ1v) is 7.65. The van der Waals surface area contributed by atoms with Gasteiger partial charge in [-0.25, -0.2) is 4.98 Å². The molecule has 0 aromatic carbocycles. The Morgan fingerprint density at radius 2 is 2.24 bits per heavy atom. The highest BCUT2D eigenvalue weighted by molar-refractivity contribution is 7.11. The van der Waals surface area contributed by atoms with Gasteiger partial charge < -0.3 is 14.5 Å². The third-order valence-corrected chi connectivity index (χ3v) is 4.44. The summed E-state index contributed by atoms with van der Waals surface area (Å²) in [5, 5.41) is 3.96. The highest BCUT2D eigenvalue weighted by atomic mass is 32.1. The standard InChI is InChI=1S/C15H20N2O3S/c1-9(2)15-17-10(3)13(21-15)7-16-14(18)12-6-5-11(20-12)8-19-4/h5-6,9H,7-8H2,1-4H3,(H,16,18). The minimum Gasteiger partial charge on any atom is -0.453 e. The molecule has 1 amide bonds. The van der Waals surface area contributed by atoms with Crippen molar-refractivity contribution in [3.8, 4) is 0 Å². The predicted octanol–water partition coefficient (Wildman–Crippen LogP) is 3.24. The SMILES string of the molecule is COCc1ccc(C(=O)NCc2sc(C(C)C)nc2C)o1. The Balaban J connectivity index is 1.97. The van der Waals surface area contributed by atoms with Crippen LogP contribution in [0.5, 0.6) is 0 Å². The zero-order valence-corrected chi connectivity index (χ0v) is 13.5. The molecule has 0 spiro atoms. The number of aromatic nitrogens is 1. The molecule has 114 valence electrons. The van der Waals surface area contributed by atoms with Gasteiger partial charge in [0.05, 0.1) is 17.2 Å². The normalized spacial score (nSPS) is 11.1. The summed E-state index contributed by atoms with van der Waals surface area (Å²) in [7, 11) is 1.58. The Bertz CT molecular complexity index is 616. The summed E-state index contributed by atoms with van der Waals surface area (Å²) < 4.78 is 10.4. The molecule has 0 aliphatic carbocycles. The second-order valence-electron chi connectivity index (χ2n) is 5.10. The number of carbonyl (C=O) groups excluding carboxylic acids is 1. The van der Waals surface area contributed by atoms with Crippen molar-refractivity contribution in [3.05, 3.63) is 39.2 Å². The molecule has 0 aliphatic rings. The average Bonchev–Trinajstić information content (AvgIpc) is 3.04. The maximum atomic E-state index is 12.0. The van der Waals surface area contributed by atoms with Gasteiger partial charge in [-0.3, -0.25) is 4.79 Å². The lowest BCUT2D eigenvalue weighted by molar-refractivity contribution is 0.0914. The lowest BCUT2D eigenvalue weighted by Crippen LogP contribution is -2.22. The first kappa shape index (κ1) is 15.7. The molecule has 0 saturated carbocycles. The van der Waals surface area contributed by atoms with Crippen molar-refractivity contribution in [2.45, 2.75) is 39.8 Å². The van der Waals surface area contributed by atoms with Crippen LogP contribution >= 0.6 is 11.3 Å². The number of furan rings is 1. The molecule has 2 rings (SSSR count). The largest absolute Gasteiger partial charge is 0.453 e. The summed E-state index contributed by atoms with van der Waals surface area (Å²) in [6.07, 6.45) is 0. The number of hydrogen-bond donors (Lipinski definition) is 1. The second-order valence-corrected chi connectivity index (χ2v) is 6.21. The van der Waals surface area contributed by atoms with Crippen LogP contribution in [0.1, 0.15) is 51.7 Å². The summed E-state index contributed by atoms with van der Waals surface area (Å²) in [5.74, 6) is 1.11. The summed E-state index contributed by atoms with van der Waals surface area (Å²) in [4.78, 5) is 17.6. The van der Waals surface area contributed by atoms with Crippen LogP contribution in [-0.4, -0.2) is 18.0 Å². The van der Waals surface area contributed by atoms with E-state index >= 15 is 0 Å². The van der Waals surface area contributed by atoms with Crippen LogP contribution in [0.15, 0.2) is 16.5 Å². The van der Waals surface area contributed by atoms with E-state index in [4.69, 9.17) is 9.15 Å².